The van der Waals surface area contributed by atoms with E-state index < -0.39 is 27.1 Å². The van der Waals surface area contributed by atoms with Gasteiger partial charge in [-0.15, -0.1) is 0 Å². The molecule has 1 amide bonds. The topological polar surface area (TPSA) is 115 Å². The van der Waals surface area contributed by atoms with Crippen LogP contribution < -0.4 is 5.32 Å². The van der Waals surface area contributed by atoms with Gasteiger partial charge in [-0.2, -0.15) is 0 Å². The maximum Gasteiger partial charge on any atom is 0.299 e. The molecule has 0 heterocycles. The van der Waals surface area contributed by atoms with Gasteiger partial charge in [-0.25, -0.2) is 0 Å². The van der Waals surface area contributed by atoms with Crippen LogP contribution >= 0.6 is 0 Å². The number of nitrogens with one attached hydrogen (secondary N) is 1. The fourth-order valence-corrected chi connectivity index (χ4v) is 1.97. The van der Waals surface area contributed by atoms with Gasteiger partial charge in [0.25, 0.3) is 17.3 Å². The van der Waals surface area contributed by atoms with Crippen LogP contribution in [0, 0.1) is 34.1 Å². The van der Waals surface area contributed by atoms with Crippen LogP contribution in [0.3, 0.4) is 0 Å². The van der Waals surface area contributed by atoms with E-state index in [-0.39, 0.29) is 5.69 Å². The van der Waals surface area contributed by atoms with Gasteiger partial charge in [-0.3, -0.25) is 25.0 Å². The van der Waals surface area contributed by atoms with Gasteiger partial charge < -0.3 is 5.32 Å². The summed E-state index contributed by atoms with van der Waals surface area (Å²) in [5.74, 6) is -0.523. The second-order valence-electron chi connectivity index (χ2n) is 4.97. The van der Waals surface area contributed by atoms with Crippen LogP contribution in [0.5, 0.6) is 0 Å². The van der Waals surface area contributed by atoms with Gasteiger partial charge >= 0.3 is 0 Å². The number of benzene rings is 2. The Morgan fingerprint density at radius 2 is 1.65 bits per heavy atom. The average Bonchev–Trinajstić information content (AvgIpc) is 2.49. The number of nitro groups is 2. The Kier molecular flexibility index (Phi) is 4.35. The number of non-ortho nitro benzene ring substituents is 1. The molecule has 23 heavy (non-hydrogen) atoms. The molecule has 0 bridgehead atoms. The molecule has 1 N–H and O–H groups in total. The lowest BCUT2D eigenvalue weighted by atomic mass is 10.1. The van der Waals surface area contributed by atoms with Gasteiger partial charge in [-0.05, 0) is 43.2 Å². The highest BCUT2D eigenvalue weighted by Crippen LogP contribution is 2.29. The molecule has 0 aliphatic rings. The van der Waals surface area contributed by atoms with Crippen molar-refractivity contribution in [3.05, 3.63) is 73.3 Å². The van der Waals surface area contributed by atoms with E-state index in [4.69, 9.17) is 0 Å². The number of hydrogen-bond donors (Lipinski definition) is 1. The molecule has 0 atom stereocenters. The predicted octanol–water partition coefficient (Wildman–Crippen LogP) is 3.37. The maximum absolute atomic E-state index is 12.2. The van der Waals surface area contributed by atoms with E-state index in [1.54, 1.807) is 18.2 Å². The molecular weight excluding hydrogens is 302 g/mol. The summed E-state index contributed by atoms with van der Waals surface area (Å²) in [6, 6.07) is 8.11. The van der Waals surface area contributed by atoms with E-state index in [2.05, 4.69) is 5.32 Å². The van der Waals surface area contributed by atoms with Crippen molar-refractivity contribution >= 4 is 23.0 Å². The lowest BCUT2D eigenvalue weighted by molar-refractivity contribution is -0.393. The standard InChI is InChI=1S/C15H13N3O5/c1-9-3-4-11(7-10(9)2)15(19)16-13-6-5-12(17(20)21)8-14(13)18(22)23/h3-8H,1-2H3,(H,16,19). The van der Waals surface area contributed by atoms with E-state index in [9.17, 15) is 25.0 Å². The van der Waals surface area contributed by atoms with Crippen molar-refractivity contribution < 1.29 is 14.6 Å². The van der Waals surface area contributed by atoms with Crippen LogP contribution in [-0.4, -0.2) is 15.8 Å². The van der Waals surface area contributed by atoms with E-state index >= 15 is 0 Å². The molecule has 0 unspecified atom stereocenters. The number of amides is 1. The normalized spacial score (nSPS) is 10.2. The first kappa shape index (κ1) is 16.1. The summed E-state index contributed by atoms with van der Waals surface area (Å²) >= 11 is 0. The van der Waals surface area contributed by atoms with Crippen molar-refractivity contribution in [2.24, 2.45) is 0 Å². The Morgan fingerprint density at radius 1 is 0.957 bits per heavy atom. The smallest absolute Gasteiger partial charge is 0.299 e. The monoisotopic (exact) mass is 315 g/mol. The molecule has 0 aliphatic carbocycles. The highest BCUT2D eigenvalue weighted by atomic mass is 16.6. The molecule has 2 rings (SSSR count). The first-order chi connectivity index (χ1) is 10.8. The zero-order valence-electron chi connectivity index (χ0n) is 12.4. The number of carbonyl (C=O) groups excluding carboxylic acids is 1. The molecule has 0 fully saturated rings. The Bertz CT molecular complexity index is 817. The Labute approximate surface area is 131 Å². The van der Waals surface area contributed by atoms with Gasteiger partial charge in [0.05, 0.1) is 15.9 Å². The fraction of sp³-hybridized carbons (Fsp3) is 0.133. The number of rotatable bonds is 4. The number of anilines is 1. The Balaban J connectivity index is 2.35. The lowest BCUT2D eigenvalue weighted by Gasteiger charge is -2.07. The second kappa shape index (κ2) is 6.22. The van der Waals surface area contributed by atoms with Gasteiger partial charge in [0.2, 0.25) is 0 Å². The van der Waals surface area contributed by atoms with Gasteiger partial charge in [0.1, 0.15) is 5.69 Å². The molecule has 8 heteroatoms. The van der Waals surface area contributed by atoms with Crippen molar-refractivity contribution in [3.63, 3.8) is 0 Å². The summed E-state index contributed by atoms with van der Waals surface area (Å²) < 4.78 is 0. The first-order valence-corrected chi connectivity index (χ1v) is 6.61. The van der Waals surface area contributed by atoms with Crippen molar-refractivity contribution in [2.75, 3.05) is 5.32 Å². The summed E-state index contributed by atoms with van der Waals surface area (Å²) in [6.45, 7) is 3.75. The van der Waals surface area contributed by atoms with Gasteiger partial charge in [0.15, 0.2) is 0 Å². The summed E-state index contributed by atoms with van der Waals surface area (Å²) in [7, 11) is 0. The van der Waals surface area contributed by atoms with Crippen LogP contribution in [0.4, 0.5) is 17.1 Å². The summed E-state index contributed by atoms with van der Waals surface area (Å²) in [5.41, 5.74) is 1.24. The third kappa shape index (κ3) is 3.49. The third-order valence-corrected chi connectivity index (χ3v) is 3.41. The molecule has 2 aromatic carbocycles. The van der Waals surface area contributed by atoms with Crippen molar-refractivity contribution in [2.45, 2.75) is 13.8 Å². The predicted molar refractivity (Wildman–Crippen MR) is 83.6 cm³/mol. The highest BCUT2D eigenvalue weighted by molar-refractivity contribution is 6.05. The molecule has 118 valence electrons. The average molecular weight is 315 g/mol. The molecule has 0 saturated carbocycles. The zero-order valence-corrected chi connectivity index (χ0v) is 12.4. The Morgan fingerprint density at radius 3 is 2.22 bits per heavy atom. The fourth-order valence-electron chi connectivity index (χ4n) is 1.97. The second-order valence-corrected chi connectivity index (χ2v) is 4.97. The van der Waals surface area contributed by atoms with Gasteiger partial charge in [-0.1, -0.05) is 6.07 Å². The van der Waals surface area contributed by atoms with Crippen LogP contribution in [0.1, 0.15) is 21.5 Å². The van der Waals surface area contributed by atoms with Crippen LogP contribution in [0.2, 0.25) is 0 Å². The SMILES string of the molecule is Cc1ccc(C(=O)Nc2ccc([N+](=O)[O-])cc2[N+](=O)[O-])cc1C. The number of carbonyl (C=O) groups is 1. The minimum absolute atomic E-state index is 0.0937. The number of hydrogen-bond acceptors (Lipinski definition) is 5. The molecular formula is C15H13N3O5. The highest BCUT2D eigenvalue weighted by Gasteiger charge is 2.21. The number of nitro benzene ring substituents is 2. The zero-order chi connectivity index (χ0) is 17.1. The molecule has 2 aromatic rings. The number of nitrogens with zero attached hydrogens (tertiary/aromatic N) is 2. The first-order valence-electron chi connectivity index (χ1n) is 6.61. The van der Waals surface area contributed by atoms with Crippen LogP contribution in [0.15, 0.2) is 36.4 Å². The maximum atomic E-state index is 12.2. The van der Waals surface area contributed by atoms with Crippen molar-refractivity contribution in [1.82, 2.24) is 0 Å². The number of aryl methyl sites for hydroxylation is 2. The lowest BCUT2D eigenvalue weighted by Crippen LogP contribution is -2.13. The van der Waals surface area contributed by atoms with Gasteiger partial charge in [0, 0.05) is 11.6 Å². The van der Waals surface area contributed by atoms with E-state index in [1.165, 1.54) is 0 Å². The minimum atomic E-state index is -0.775. The van der Waals surface area contributed by atoms with E-state index in [1.807, 2.05) is 13.8 Å². The third-order valence-electron chi connectivity index (χ3n) is 3.41. The Hall–Kier alpha value is -3.29. The summed E-state index contributed by atoms with van der Waals surface area (Å²) in [4.78, 5) is 32.4. The summed E-state index contributed by atoms with van der Waals surface area (Å²) in [6.07, 6.45) is 0. The van der Waals surface area contributed by atoms with Crippen molar-refractivity contribution in [3.8, 4) is 0 Å². The molecule has 8 nitrogen and oxygen atoms in total. The molecule has 0 saturated heterocycles. The molecule has 0 aromatic heterocycles. The van der Waals surface area contributed by atoms with Crippen LogP contribution in [-0.2, 0) is 0 Å². The largest absolute Gasteiger partial charge is 0.316 e. The van der Waals surface area contributed by atoms with Crippen LogP contribution in [0.25, 0.3) is 0 Å². The molecule has 0 spiro atoms. The van der Waals surface area contributed by atoms with E-state index in [0.717, 1.165) is 29.3 Å². The van der Waals surface area contributed by atoms with E-state index in [0.29, 0.717) is 5.56 Å². The molecule has 0 radical (unpaired) electrons. The summed E-state index contributed by atoms with van der Waals surface area (Å²) in [5, 5.41) is 24.2. The van der Waals surface area contributed by atoms with Crippen molar-refractivity contribution in [1.29, 1.82) is 0 Å². The minimum Gasteiger partial charge on any atom is -0.316 e. The molecule has 0 aliphatic heterocycles. The quantitative estimate of drug-likeness (QED) is 0.686.